The molecule has 1 aliphatic heterocycles. The van der Waals surface area contributed by atoms with Gasteiger partial charge in [0.05, 0.1) is 14.2 Å². The lowest BCUT2D eigenvalue weighted by atomic mass is 10.0. The van der Waals surface area contributed by atoms with Crippen molar-refractivity contribution in [3.8, 4) is 16.5 Å². The van der Waals surface area contributed by atoms with Gasteiger partial charge in [-0.05, 0) is 42.8 Å². The van der Waals surface area contributed by atoms with Gasteiger partial charge in [-0.3, -0.25) is 4.90 Å². The number of thiophene rings is 1. The molecule has 3 heterocycles. The van der Waals surface area contributed by atoms with Gasteiger partial charge >= 0.3 is 6.03 Å². The highest BCUT2D eigenvalue weighted by Crippen LogP contribution is 2.36. The summed E-state index contributed by atoms with van der Waals surface area (Å²) < 4.78 is 12.7. The molecular formula is C23H28N4O3S. The van der Waals surface area contributed by atoms with Crippen LogP contribution in [-0.4, -0.2) is 42.8 Å². The van der Waals surface area contributed by atoms with E-state index in [4.69, 9.17) is 9.47 Å². The summed E-state index contributed by atoms with van der Waals surface area (Å²) in [6.07, 6.45) is 5.12. The van der Waals surface area contributed by atoms with Crippen molar-refractivity contribution in [2.24, 2.45) is 0 Å². The largest absolute Gasteiger partial charge is 0.493 e. The molecule has 0 fully saturated rings. The van der Waals surface area contributed by atoms with Crippen molar-refractivity contribution in [3.63, 3.8) is 0 Å². The van der Waals surface area contributed by atoms with E-state index in [0.29, 0.717) is 23.7 Å². The van der Waals surface area contributed by atoms with Crippen LogP contribution in [0.15, 0.2) is 42.7 Å². The number of carbonyl (C=O) groups excluding carboxylic acids is 1. The van der Waals surface area contributed by atoms with E-state index in [1.807, 2.05) is 23.5 Å². The number of hydrogen-bond acceptors (Lipinski definition) is 5. The van der Waals surface area contributed by atoms with E-state index < -0.39 is 0 Å². The molecular weight excluding hydrogens is 412 g/mol. The van der Waals surface area contributed by atoms with Crippen LogP contribution in [-0.2, 0) is 19.5 Å². The number of urea groups is 1. The topological polar surface area (TPSA) is 67.8 Å². The van der Waals surface area contributed by atoms with E-state index >= 15 is 0 Å². The lowest BCUT2D eigenvalue weighted by molar-refractivity contribution is 0.251. The lowest BCUT2D eigenvalue weighted by Gasteiger charge is -2.25. The number of likely N-dealkylation sites (N-methyl/N-ethyl adjacent to an activating group) is 1. The predicted molar refractivity (Wildman–Crippen MR) is 124 cm³/mol. The van der Waals surface area contributed by atoms with Crippen LogP contribution >= 0.6 is 11.3 Å². The molecule has 2 N–H and O–H groups in total. The first-order valence-corrected chi connectivity index (χ1v) is 11.2. The van der Waals surface area contributed by atoms with Crippen LogP contribution in [0.5, 0.6) is 11.5 Å². The summed E-state index contributed by atoms with van der Waals surface area (Å²) in [6, 6.07) is 9.10. The van der Waals surface area contributed by atoms with Gasteiger partial charge in [0.25, 0.3) is 0 Å². The maximum absolute atomic E-state index is 12.6. The van der Waals surface area contributed by atoms with Gasteiger partial charge in [-0.2, -0.15) is 0 Å². The van der Waals surface area contributed by atoms with Crippen molar-refractivity contribution in [2.75, 3.05) is 32.6 Å². The molecule has 0 bridgehead atoms. The number of nitrogens with one attached hydrogen (secondary N) is 2. The van der Waals surface area contributed by atoms with Gasteiger partial charge in [-0.15, -0.1) is 11.3 Å². The minimum atomic E-state index is -0.253. The first kappa shape index (κ1) is 21.3. The standard InChI is InChI=1S/C23H28N4O3S/c1-4-26-12-9-17-18(22(31-21(17)15-26)27-10-5-6-11-27)14-24-23(28)25-16-7-8-19(29-2)20(13-16)30-3/h5-8,10-11,13H,4,9,12,14-15H2,1-3H3,(H2,24,25,28). The van der Waals surface area contributed by atoms with Gasteiger partial charge in [0.2, 0.25) is 0 Å². The fourth-order valence-electron chi connectivity index (χ4n) is 3.90. The summed E-state index contributed by atoms with van der Waals surface area (Å²) in [5, 5.41) is 7.10. The highest BCUT2D eigenvalue weighted by molar-refractivity contribution is 7.14. The molecule has 0 atom stereocenters. The molecule has 31 heavy (non-hydrogen) atoms. The predicted octanol–water partition coefficient (Wildman–Crippen LogP) is 4.26. The maximum Gasteiger partial charge on any atom is 0.319 e. The fraction of sp³-hybridized carbons (Fsp3) is 0.348. The number of aromatic nitrogens is 1. The molecule has 0 aliphatic carbocycles. The molecule has 2 amide bonds. The van der Waals surface area contributed by atoms with Crippen LogP contribution in [0.1, 0.15) is 22.9 Å². The second kappa shape index (κ2) is 9.45. The van der Waals surface area contributed by atoms with Gasteiger partial charge < -0.3 is 24.7 Å². The van der Waals surface area contributed by atoms with Crippen molar-refractivity contribution < 1.29 is 14.3 Å². The van der Waals surface area contributed by atoms with Crippen molar-refractivity contribution in [1.29, 1.82) is 0 Å². The fourth-order valence-corrected chi connectivity index (χ4v) is 5.27. The zero-order valence-electron chi connectivity index (χ0n) is 18.1. The molecule has 4 rings (SSSR count). The van der Waals surface area contributed by atoms with E-state index in [2.05, 4.69) is 39.4 Å². The number of ether oxygens (including phenoxy) is 2. The highest BCUT2D eigenvalue weighted by Gasteiger charge is 2.24. The van der Waals surface area contributed by atoms with Crippen LogP contribution in [0.2, 0.25) is 0 Å². The summed E-state index contributed by atoms with van der Waals surface area (Å²) in [4.78, 5) is 16.5. The average molecular weight is 441 g/mol. The van der Waals surface area contributed by atoms with E-state index in [0.717, 1.165) is 26.1 Å². The van der Waals surface area contributed by atoms with Gasteiger partial charge in [0, 0.05) is 54.2 Å². The van der Waals surface area contributed by atoms with E-state index in [-0.39, 0.29) is 6.03 Å². The number of hydrogen-bond donors (Lipinski definition) is 2. The van der Waals surface area contributed by atoms with E-state index in [1.165, 1.54) is 21.0 Å². The first-order chi connectivity index (χ1) is 15.1. The summed E-state index contributed by atoms with van der Waals surface area (Å²) in [5.74, 6) is 1.19. The normalized spacial score (nSPS) is 13.5. The number of anilines is 1. The molecule has 2 aromatic heterocycles. The molecule has 3 aromatic rings. The average Bonchev–Trinajstić information content (AvgIpc) is 3.44. The van der Waals surface area contributed by atoms with Crippen LogP contribution in [0.3, 0.4) is 0 Å². The quantitative estimate of drug-likeness (QED) is 0.576. The third-order valence-electron chi connectivity index (χ3n) is 5.58. The summed E-state index contributed by atoms with van der Waals surface area (Å²) >= 11 is 1.82. The summed E-state index contributed by atoms with van der Waals surface area (Å²) in [6.45, 7) is 5.76. The van der Waals surface area contributed by atoms with Crippen molar-refractivity contribution in [1.82, 2.24) is 14.8 Å². The number of fused-ring (bicyclic) bond motifs is 1. The van der Waals surface area contributed by atoms with Crippen molar-refractivity contribution >= 4 is 23.1 Å². The van der Waals surface area contributed by atoms with Gasteiger partial charge in [0.1, 0.15) is 5.00 Å². The van der Waals surface area contributed by atoms with Crippen LogP contribution in [0.4, 0.5) is 10.5 Å². The Labute approximate surface area is 186 Å². The third kappa shape index (κ3) is 4.55. The molecule has 1 aromatic carbocycles. The zero-order chi connectivity index (χ0) is 21.8. The second-order valence-electron chi connectivity index (χ2n) is 7.37. The Morgan fingerprint density at radius 2 is 1.94 bits per heavy atom. The molecule has 0 unspecified atom stereocenters. The van der Waals surface area contributed by atoms with Gasteiger partial charge in [-0.1, -0.05) is 6.92 Å². The maximum atomic E-state index is 12.6. The number of benzene rings is 1. The molecule has 0 radical (unpaired) electrons. The minimum absolute atomic E-state index is 0.253. The summed E-state index contributed by atoms with van der Waals surface area (Å²) in [7, 11) is 3.16. The molecule has 0 spiro atoms. The van der Waals surface area contributed by atoms with E-state index in [9.17, 15) is 4.79 Å². The number of methoxy groups -OCH3 is 2. The highest BCUT2D eigenvalue weighted by atomic mass is 32.1. The van der Waals surface area contributed by atoms with Crippen molar-refractivity contribution in [2.45, 2.75) is 26.4 Å². The first-order valence-electron chi connectivity index (χ1n) is 10.4. The summed E-state index contributed by atoms with van der Waals surface area (Å²) in [5.41, 5.74) is 3.23. The Bertz CT molecular complexity index is 1050. The third-order valence-corrected chi connectivity index (χ3v) is 6.85. The number of rotatable bonds is 7. The zero-order valence-corrected chi connectivity index (χ0v) is 18.9. The Morgan fingerprint density at radius 3 is 2.65 bits per heavy atom. The van der Waals surface area contributed by atoms with Gasteiger partial charge in [-0.25, -0.2) is 4.79 Å². The Hall–Kier alpha value is -2.97. The SMILES string of the molecule is CCN1CCc2c(sc(-n3cccc3)c2CNC(=O)Nc2ccc(OC)c(OC)c2)C1. The van der Waals surface area contributed by atoms with E-state index in [1.54, 1.807) is 32.4 Å². The Balaban J connectivity index is 1.50. The molecule has 7 nitrogen and oxygen atoms in total. The number of nitrogens with zero attached hydrogens (tertiary/aromatic N) is 2. The molecule has 1 aliphatic rings. The second-order valence-corrected chi connectivity index (χ2v) is 8.46. The minimum Gasteiger partial charge on any atom is -0.493 e. The van der Waals surface area contributed by atoms with Crippen LogP contribution in [0.25, 0.3) is 5.00 Å². The molecule has 0 saturated heterocycles. The number of amides is 2. The molecule has 8 heteroatoms. The number of carbonyl (C=O) groups is 1. The Morgan fingerprint density at radius 1 is 1.16 bits per heavy atom. The monoisotopic (exact) mass is 440 g/mol. The lowest BCUT2D eigenvalue weighted by Crippen LogP contribution is -2.31. The molecule has 164 valence electrons. The van der Waals surface area contributed by atoms with Crippen molar-refractivity contribution in [3.05, 3.63) is 58.7 Å². The molecule has 0 saturated carbocycles. The Kier molecular flexibility index (Phi) is 6.48. The van der Waals surface area contributed by atoms with Crippen LogP contribution in [0, 0.1) is 0 Å². The van der Waals surface area contributed by atoms with Gasteiger partial charge in [0.15, 0.2) is 11.5 Å². The van der Waals surface area contributed by atoms with Crippen LogP contribution < -0.4 is 20.1 Å². The smallest absolute Gasteiger partial charge is 0.319 e.